The zero-order chi connectivity index (χ0) is 15.1. The number of halogens is 2. The zero-order valence-corrected chi connectivity index (χ0v) is 13.9. The van der Waals surface area contributed by atoms with E-state index in [4.69, 9.17) is 4.74 Å². The molecule has 108 valence electrons. The number of anilines is 1. The third-order valence-electron chi connectivity index (χ3n) is 2.39. The minimum atomic E-state index is -0.589. The van der Waals surface area contributed by atoms with Gasteiger partial charge in [-0.2, -0.15) is 0 Å². The number of hydrogen-bond acceptors (Lipinski definition) is 4. The molecule has 7 heteroatoms. The zero-order valence-electron chi connectivity index (χ0n) is 11.5. The molecule has 1 aromatic heterocycles. The maximum atomic E-state index is 13.7. The Labute approximate surface area is 128 Å². The molecule has 0 aliphatic rings. The molecule has 0 saturated heterocycles. The molecule has 0 aliphatic heterocycles. The summed E-state index contributed by atoms with van der Waals surface area (Å²) < 4.78 is 20.1. The fraction of sp³-hybridized carbons (Fsp3) is 0.385. The van der Waals surface area contributed by atoms with Gasteiger partial charge in [-0.3, -0.25) is 4.90 Å². The summed E-state index contributed by atoms with van der Waals surface area (Å²) in [6.07, 6.45) is -0.520. The molecule has 0 spiro atoms. The lowest BCUT2D eigenvalue weighted by Crippen LogP contribution is -2.34. The number of rotatable bonds is 1. The van der Waals surface area contributed by atoms with Crippen LogP contribution in [0.15, 0.2) is 16.6 Å². The maximum Gasteiger partial charge on any atom is 0.416 e. The van der Waals surface area contributed by atoms with Crippen LogP contribution < -0.4 is 4.90 Å². The maximum absolute atomic E-state index is 13.7. The van der Waals surface area contributed by atoms with Crippen LogP contribution in [0.5, 0.6) is 0 Å². The molecule has 20 heavy (non-hydrogen) atoms. The predicted octanol–water partition coefficient (Wildman–Crippen LogP) is 4.57. The minimum absolute atomic E-state index is 0.357. The molecule has 0 N–H and O–H groups in total. The summed E-state index contributed by atoms with van der Waals surface area (Å²) in [7, 11) is 1.55. The van der Waals surface area contributed by atoms with Crippen molar-refractivity contribution in [3.63, 3.8) is 0 Å². The number of carbonyl (C=O) groups excluding carboxylic acids is 1. The summed E-state index contributed by atoms with van der Waals surface area (Å²) in [4.78, 5) is 17.5. The summed E-state index contributed by atoms with van der Waals surface area (Å²) in [5.41, 5.74) is -0.0890. The highest BCUT2D eigenvalue weighted by molar-refractivity contribution is 9.10. The molecule has 0 atom stereocenters. The number of thiazole rings is 1. The van der Waals surface area contributed by atoms with Crippen molar-refractivity contribution in [2.75, 3.05) is 11.9 Å². The Balaban J connectivity index is 2.36. The Morgan fingerprint density at radius 3 is 2.65 bits per heavy atom. The molecule has 0 unspecified atom stereocenters. The lowest BCUT2D eigenvalue weighted by molar-refractivity contribution is 0.0589. The topological polar surface area (TPSA) is 42.4 Å². The first-order valence-electron chi connectivity index (χ1n) is 5.90. The molecule has 1 heterocycles. The lowest BCUT2D eigenvalue weighted by Gasteiger charge is -2.23. The van der Waals surface area contributed by atoms with E-state index in [0.29, 0.717) is 19.8 Å². The SMILES string of the molecule is CN(C(=O)OC(C)(C)C)c1nc2c(Br)ccc(F)c2s1. The van der Waals surface area contributed by atoms with Crippen LogP contribution in [-0.2, 0) is 4.74 Å². The van der Waals surface area contributed by atoms with Gasteiger partial charge in [-0.25, -0.2) is 14.2 Å². The largest absolute Gasteiger partial charge is 0.443 e. The van der Waals surface area contributed by atoms with Crippen LogP contribution in [0.25, 0.3) is 10.2 Å². The Kier molecular flexibility index (Phi) is 4.02. The third kappa shape index (κ3) is 3.09. The van der Waals surface area contributed by atoms with Crippen LogP contribution in [0.1, 0.15) is 20.8 Å². The van der Waals surface area contributed by atoms with E-state index in [-0.39, 0.29) is 5.82 Å². The van der Waals surface area contributed by atoms with Gasteiger partial charge in [-0.15, -0.1) is 0 Å². The van der Waals surface area contributed by atoms with E-state index in [1.54, 1.807) is 33.9 Å². The van der Waals surface area contributed by atoms with Crippen molar-refractivity contribution in [3.05, 3.63) is 22.4 Å². The van der Waals surface area contributed by atoms with Gasteiger partial charge in [-0.05, 0) is 48.8 Å². The highest BCUT2D eigenvalue weighted by atomic mass is 79.9. The third-order valence-corrected chi connectivity index (χ3v) is 4.17. The van der Waals surface area contributed by atoms with Crippen molar-refractivity contribution in [2.45, 2.75) is 26.4 Å². The van der Waals surface area contributed by atoms with Crippen LogP contribution >= 0.6 is 27.3 Å². The second-order valence-corrected chi connectivity index (χ2v) is 7.07. The highest BCUT2D eigenvalue weighted by Crippen LogP contribution is 2.34. The van der Waals surface area contributed by atoms with E-state index in [1.165, 1.54) is 11.0 Å². The molecule has 0 fully saturated rings. The average molecular weight is 361 g/mol. The summed E-state index contributed by atoms with van der Waals surface area (Å²) in [5, 5.41) is 0.389. The average Bonchev–Trinajstić information content (AvgIpc) is 2.77. The Bertz CT molecular complexity index is 627. The number of amides is 1. The van der Waals surface area contributed by atoms with Crippen LogP contribution in [0.4, 0.5) is 14.3 Å². The summed E-state index contributed by atoms with van der Waals surface area (Å²) in [5.74, 6) is -0.357. The molecule has 1 amide bonds. The number of fused-ring (bicyclic) bond motifs is 1. The van der Waals surface area contributed by atoms with E-state index in [1.807, 2.05) is 0 Å². The quantitative estimate of drug-likeness (QED) is 0.747. The second-order valence-electron chi connectivity index (χ2n) is 5.24. The molecular formula is C13H14BrFN2O2S. The number of ether oxygens (including phenoxy) is 1. The number of aromatic nitrogens is 1. The molecule has 0 aliphatic carbocycles. The van der Waals surface area contributed by atoms with Gasteiger partial charge in [-0.1, -0.05) is 11.3 Å². The number of nitrogens with zero attached hydrogens (tertiary/aromatic N) is 2. The number of carbonyl (C=O) groups is 1. The van der Waals surface area contributed by atoms with E-state index in [2.05, 4.69) is 20.9 Å². The van der Waals surface area contributed by atoms with E-state index < -0.39 is 11.7 Å². The van der Waals surface area contributed by atoms with E-state index >= 15 is 0 Å². The van der Waals surface area contributed by atoms with E-state index in [0.717, 1.165) is 11.3 Å². The van der Waals surface area contributed by atoms with Crippen molar-refractivity contribution in [2.24, 2.45) is 0 Å². The van der Waals surface area contributed by atoms with Gasteiger partial charge in [0.1, 0.15) is 16.9 Å². The Hall–Kier alpha value is -1.21. The minimum Gasteiger partial charge on any atom is -0.443 e. The fourth-order valence-corrected chi connectivity index (χ4v) is 2.98. The van der Waals surface area contributed by atoms with Crippen molar-refractivity contribution < 1.29 is 13.9 Å². The van der Waals surface area contributed by atoms with Crippen molar-refractivity contribution in [1.29, 1.82) is 0 Å². The summed E-state index contributed by atoms with van der Waals surface area (Å²) >= 11 is 4.43. The van der Waals surface area contributed by atoms with Gasteiger partial charge in [0.05, 0.1) is 4.70 Å². The van der Waals surface area contributed by atoms with Gasteiger partial charge >= 0.3 is 6.09 Å². The first kappa shape index (κ1) is 15.2. The molecule has 2 rings (SSSR count). The highest BCUT2D eigenvalue weighted by Gasteiger charge is 2.23. The fourth-order valence-electron chi connectivity index (χ4n) is 1.49. The van der Waals surface area contributed by atoms with Gasteiger partial charge in [0.2, 0.25) is 0 Å². The molecule has 4 nitrogen and oxygen atoms in total. The number of hydrogen-bond donors (Lipinski definition) is 0. The lowest BCUT2D eigenvalue weighted by atomic mass is 10.2. The molecule has 2 aromatic rings. The van der Waals surface area contributed by atoms with Crippen molar-refractivity contribution in [1.82, 2.24) is 4.98 Å². The van der Waals surface area contributed by atoms with Gasteiger partial charge in [0.15, 0.2) is 5.13 Å². The predicted molar refractivity (Wildman–Crippen MR) is 81.9 cm³/mol. The van der Waals surface area contributed by atoms with Crippen LogP contribution in [0, 0.1) is 5.82 Å². The van der Waals surface area contributed by atoms with Crippen LogP contribution in [0.3, 0.4) is 0 Å². The summed E-state index contributed by atoms with van der Waals surface area (Å²) in [6, 6.07) is 2.95. The monoisotopic (exact) mass is 360 g/mol. The van der Waals surface area contributed by atoms with Crippen LogP contribution in [-0.4, -0.2) is 23.7 Å². The first-order valence-corrected chi connectivity index (χ1v) is 7.51. The Morgan fingerprint density at radius 2 is 2.10 bits per heavy atom. The molecule has 0 bridgehead atoms. The second kappa shape index (κ2) is 5.29. The molecular weight excluding hydrogens is 347 g/mol. The first-order chi connectivity index (χ1) is 9.19. The standard InChI is InChI=1S/C13H14BrFN2O2S/c1-13(2,3)19-12(18)17(4)11-16-9-7(14)5-6-8(15)10(9)20-11/h5-6H,1-4H3. The van der Waals surface area contributed by atoms with Gasteiger partial charge in [0, 0.05) is 11.5 Å². The normalized spacial score (nSPS) is 11.7. The van der Waals surface area contributed by atoms with Crippen LogP contribution in [0.2, 0.25) is 0 Å². The molecule has 0 radical (unpaired) electrons. The molecule has 1 aromatic carbocycles. The van der Waals surface area contributed by atoms with Crippen molar-refractivity contribution in [3.8, 4) is 0 Å². The van der Waals surface area contributed by atoms with Gasteiger partial charge < -0.3 is 4.74 Å². The van der Waals surface area contributed by atoms with E-state index in [9.17, 15) is 9.18 Å². The summed E-state index contributed by atoms with van der Waals surface area (Å²) in [6.45, 7) is 5.36. The van der Waals surface area contributed by atoms with Gasteiger partial charge in [0.25, 0.3) is 0 Å². The van der Waals surface area contributed by atoms with Crippen molar-refractivity contribution >= 4 is 48.7 Å². The smallest absolute Gasteiger partial charge is 0.416 e. The number of benzene rings is 1. The molecule has 0 saturated carbocycles. The Morgan fingerprint density at radius 1 is 1.45 bits per heavy atom.